The number of aryl methyl sites for hydroxylation is 2. The van der Waals surface area contributed by atoms with Crippen LogP contribution in [0.15, 0.2) is 148 Å². The van der Waals surface area contributed by atoms with Crippen molar-refractivity contribution in [1.29, 1.82) is 0 Å². The molecule has 2 amide bonds. The van der Waals surface area contributed by atoms with Crippen LogP contribution in [0, 0.1) is 13.8 Å². The molecule has 2 saturated heterocycles. The van der Waals surface area contributed by atoms with E-state index in [2.05, 4.69) is 41.2 Å². The van der Waals surface area contributed by atoms with Gasteiger partial charge in [0.25, 0.3) is 22.9 Å². The molecule has 0 aliphatic carbocycles. The highest BCUT2D eigenvalue weighted by atomic mass is 79.9. The van der Waals surface area contributed by atoms with Crippen LogP contribution >= 0.6 is 28.3 Å². The first-order chi connectivity index (χ1) is 34.8. The maximum atomic E-state index is 13.8. The van der Waals surface area contributed by atoms with Crippen LogP contribution in [0.1, 0.15) is 43.0 Å². The van der Waals surface area contributed by atoms with Crippen molar-refractivity contribution in [1.82, 2.24) is 35.1 Å². The van der Waals surface area contributed by atoms with Gasteiger partial charge in [0.15, 0.2) is 0 Å². The van der Waals surface area contributed by atoms with E-state index in [4.69, 9.17) is 0 Å². The van der Waals surface area contributed by atoms with Gasteiger partial charge < -0.3 is 30.0 Å². The number of para-hydroxylation sites is 2. The van der Waals surface area contributed by atoms with Crippen LogP contribution in [0.2, 0.25) is 0 Å². The van der Waals surface area contributed by atoms with Gasteiger partial charge in [0.2, 0.25) is 0 Å². The molecule has 0 saturated carbocycles. The van der Waals surface area contributed by atoms with Crippen molar-refractivity contribution in [2.24, 2.45) is 0 Å². The number of nitrogens with zero attached hydrogens (tertiary/aromatic N) is 5. The van der Waals surface area contributed by atoms with Crippen LogP contribution in [0.3, 0.4) is 0 Å². The van der Waals surface area contributed by atoms with Crippen molar-refractivity contribution in [3.05, 3.63) is 192 Å². The van der Waals surface area contributed by atoms with Gasteiger partial charge in [-0.15, -0.1) is 12.4 Å². The molecule has 0 atom stereocenters. The fourth-order valence-corrected chi connectivity index (χ4v) is 8.92. The number of hydrogen-bond acceptors (Lipinski definition) is 8. The molecule has 12 nitrogen and oxygen atoms in total. The quantitative estimate of drug-likeness (QED) is 0.144. The molecule has 384 valence electrons. The smallest absolute Gasteiger partial charge is 0.368 e. The highest BCUT2D eigenvalue weighted by Crippen LogP contribution is 2.37. The number of piperazine rings is 2. The van der Waals surface area contributed by atoms with Crippen LogP contribution in [-0.4, -0.2) is 93.9 Å². The number of carbonyl (C=O) groups excluding carboxylic acids is 2. The minimum absolute atomic E-state index is 0. The van der Waals surface area contributed by atoms with Gasteiger partial charge in [-0.05, 0) is 97.8 Å². The lowest BCUT2D eigenvalue weighted by molar-refractivity contribution is -0.138. The van der Waals surface area contributed by atoms with Crippen molar-refractivity contribution in [2.45, 2.75) is 26.2 Å². The number of H-pyrrole nitrogens is 2. The molecule has 2 aromatic heterocycles. The molecule has 74 heavy (non-hydrogen) atoms. The van der Waals surface area contributed by atoms with Crippen molar-refractivity contribution < 1.29 is 35.9 Å². The first kappa shape index (κ1) is 54.4. The Labute approximate surface area is 435 Å². The van der Waals surface area contributed by atoms with Gasteiger partial charge in [0.05, 0.1) is 32.9 Å². The molecule has 2 aliphatic rings. The lowest BCUT2D eigenvalue weighted by atomic mass is 10.1. The van der Waals surface area contributed by atoms with Crippen LogP contribution in [0.5, 0.6) is 0 Å². The molecule has 20 heteroatoms. The topological polar surface area (TPSA) is 147 Å². The molecular formula is C54H48BrClF6N8O4. The highest BCUT2D eigenvalue weighted by Gasteiger charge is 2.34. The molecule has 2 fully saturated rings. The Morgan fingerprint density at radius 3 is 1.43 bits per heavy atom. The molecule has 8 aromatic rings. The monoisotopic (exact) mass is 1100 g/mol. The minimum Gasteiger partial charge on any atom is -0.368 e. The Bertz CT molecular complexity index is 3420. The summed E-state index contributed by atoms with van der Waals surface area (Å²) in [5.41, 5.74) is 2.10. The fraction of sp³-hybridized carbons (Fsp3) is 0.222. The number of aromatic amines is 2. The first-order valence-electron chi connectivity index (χ1n) is 23.1. The molecule has 10 rings (SSSR count). The Balaban J connectivity index is 0.000000179. The predicted octanol–water partition coefficient (Wildman–Crippen LogP) is 10.7. The van der Waals surface area contributed by atoms with Crippen LogP contribution < -0.4 is 21.3 Å². The molecule has 6 aromatic carbocycles. The second-order valence-corrected chi connectivity index (χ2v) is 18.2. The molecule has 0 bridgehead atoms. The number of amides is 2. The van der Waals surface area contributed by atoms with E-state index in [1.807, 2.05) is 46.2 Å². The number of fused-ring (bicyclic) bond motifs is 2. The minimum atomic E-state index is -4.58. The normalized spacial score (nSPS) is 13.8. The Morgan fingerprint density at radius 1 is 0.541 bits per heavy atom. The molecule has 0 unspecified atom stereocenters. The summed E-state index contributed by atoms with van der Waals surface area (Å²) in [7, 11) is 0. The van der Waals surface area contributed by atoms with E-state index >= 15 is 0 Å². The van der Waals surface area contributed by atoms with Gasteiger partial charge in [-0.25, -0.2) is 9.97 Å². The number of rotatable bonds is 5. The summed E-state index contributed by atoms with van der Waals surface area (Å²) < 4.78 is 80.6. The summed E-state index contributed by atoms with van der Waals surface area (Å²) in [5, 5.41) is 4.01. The van der Waals surface area contributed by atoms with Crippen LogP contribution in [0.4, 0.5) is 32.0 Å². The van der Waals surface area contributed by atoms with Gasteiger partial charge >= 0.3 is 12.4 Å². The predicted molar refractivity (Wildman–Crippen MR) is 280 cm³/mol. The van der Waals surface area contributed by atoms with E-state index in [0.717, 1.165) is 67.1 Å². The zero-order valence-corrected chi connectivity index (χ0v) is 42.2. The van der Waals surface area contributed by atoms with Crippen molar-refractivity contribution in [2.75, 3.05) is 57.3 Å². The number of anilines is 1. The van der Waals surface area contributed by atoms with E-state index in [-0.39, 0.29) is 57.0 Å². The maximum absolute atomic E-state index is 13.8. The van der Waals surface area contributed by atoms with Crippen molar-refractivity contribution in [3.8, 4) is 22.8 Å². The number of carbonyl (C=O) groups is 2. The fourth-order valence-electron chi connectivity index (χ4n) is 8.43. The summed E-state index contributed by atoms with van der Waals surface area (Å²) in [6, 6.07) is 35.8. The van der Waals surface area contributed by atoms with E-state index in [9.17, 15) is 45.5 Å². The number of benzene rings is 6. The van der Waals surface area contributed by atoms with Gasteiger partial charge in [0, 0.05) is 84.8 Å². The third-order valence-corrected chi connectivity index (χ3v) is 12.7. The largest absolute Gasteiger partial charge is 0.416 e. The van der Waals surface area contributed by atoms with Crippen LogP contribution in [-0.2, 0) is 12.4 Å². The number of hydrogen-bond donors (Lipinski definition) is 3. The van der Waals surface area contributed by atoms with E-state index in [0.29, 0.717) is 59.2 Å². The Hall–Kier alpha value is -7.35. The third kappa shape index (κ3) is 12.9. The lowest BCUT2D eigenvalue weighted by Gasteiger charge is -2.36. The van der Waals surface area contributed by atoms with Crippen molar-refractivity contribution in [3.63, 3.8) is 0 Å². The zero-order valence-electron chi connectivity index (χ0n) is 39.8. The number of halogens is 8. The second kappa shape index (κ2) is 23.2. The molecule has 2 aliphatic heterocycles. The average Bonchev–Trinajstić information content (AvgIpc) is 3.39. The molecule has 0 radical (unpaired) electrons. The average molecular weight is 1100 g/mol. The zero-order chi connectivity index (χ0) is 52.0. The Morgan fingerprint density at radius 2 is 0.973 bits per heavy atom. The first-order valence-corrected chi connectivity index (χ1v) is 23.9. The lowest BCUT2D eigenvalue weighted by Crippen LogP contribution is -2.48. The SMILES string of the molecule is Cc1cccc2c(=O)[nH]c(-c3cc(Br)cc(C(F)(F)F)c3)nc12.Cc1cccc2c(=O)[nH]c(-c3cc(N4CCN(C(=O)c5ccccc5)CC4)cc(C(F)(F)F)c3)nc12.Cl.O=C(c1ccccc1)N1CCNCC1. The number of aromatic nitrogens is 4. The molecule has 0 spiro atoms. The second-order valence-electron chi connectivity index (χ2n) is 17.3. The van der Waals surface area contributed by atoms with Crippen molar-refractivity contribution >= 4 is 67.6 Å². The summed E-state index contributed by atoms with van der Waals surface area (Å²) >= 11 is 3.07. The van der Waals surface area contributed by atoms with E-state index < -0.39 is 29.0 Å². The van der Waals surface area contributed by atoms with Gasteiger partial charge in [0.1, 0.15) is 11.6 Å². The third-order valence-electron chi connectivity index (χ3n) is 12.3. The van der Waals surface area contributed by atoms with E-state index in [1.54, 1.807) is 85.5 Å². The highest BCUT2D eigenvalue weighted by molar-refractivity contribution is 9.10. The molecule has 4 heterocycles. The maximum Gasteiger partial charge on any atom is 0.416 e. The standard InChI is InChI=1S/C27H23F3N4O2.C16H10BrF3N2O.C11H14N2O.ClH/c1-17-6-5-9-22-23(17)31-24(32-25(22)35)19-14-20(27(28,29)30)16-21(15-19)33-10-12-34(13-11-33)26(36)18-7-3-2-4-8-18;1-8-3-2-4-12-13(8)21-14(22-15(12)23)9-5-10(16(18,19)20)7-11(17)6-9;14-11(10-4-2-1-3-5-10)13-8-6-12-7-9-13;/h2-9,14-16H,10-13H2,1H3,(H,31,32,35);2-7H,1H3,(H,21,22,23);1-5,12H,6-9H2;1H. The summed E-state index contributed by atoms with van der Waals surface area (Å²) in [4.78, 5) is 68.9. The number of nitrogens with one attached hydrogen (secondary N) is 3. The Kier molecular flexibility index (Phi) is 17.1. The van der Waals surface area contributed by atoms with Gasteiger partial charge in [-0.3, -0.25) is 19.2 Å². The van der Waals surface area contributed by atoms with Gasteiger partial charge in [-0.2, -0.15) is 26.3 Å². The van der Waals surface area contributed by atoms with Gasteiger partial charge in [-0.1, -0.05) is 76.6 Å². The van der Waals surface area contributed by atoms with E-state index in [1.165, 1.54) is 6.07 Å². The van der Waals surface area contributed by atoms with Crippen LogP contribution in [0.25, 0.3) is 44.6 Å². The molecule has 3 N–H and O–H groups in total. The molecular weight excluding hydrogens is 1050 g/mol. The number of alkyl halides is 6. The summed E-state index contributed by atoms with van der Waals surface area (Å²) in [6.45, 7) is 8.53. The summed E-state index contributed by atoms with van der Waals surface area (Å²) in [5.74, 6) is 0.219. The summed E-state index contributed by atoms with van der Waals surface area (Å²) in [6.07, 6.45) is -9.06.